The van der Waals surface area contributed by atoms with E-state index >= 15 is 0 Å². The second kappa shape index (κ2) is 52.8. The standard InChI is InChI=1S/C60H116O6/c1-6-7-8-9-10-11-12-13-14-15-16-17-22-25-28-31-36-42-47-52-60(63)66-57(54-65-59(62)51-46-41-37-32-34-39-44-49-56(4)5)53-64-58(61)50-45-40-35-30-27-24-21-19-18-20-23-26-29-33-38-43-48-55(2)3/h55-57H,6-54H2,1-5H3/t57-/m1/s1. The molecule has 0 saturated carbocycles. The summed E-state index contributed by atoms with van der Waals surface area (Å²) in [5.74, 6) is 0.793. The molecule has 6 heteroatoms. The molecule has 0 N–H and O–H groups in total. The Kier molecular flexibility index (Phi) is 51.5. The molecule has 0 rings (SSSR count). The molecule has 0 aromatic carbocycles. The van der Waals surface area contributed by atoms with E-state index < -0.39 is 6.10 Å². The largest absolute Gasteiger partial charge is 0.462 e. The van der Waals surface area contributed by atoms with E-state index in [4.69, 9.17) is 14.2 Å². The molecule has 0 spiro atoms. The highest BCUT2D eigenvalue weighted by Crippen LogP contribution is 2.18. The van der Waals surface area contributed by atoms with Crippen LogP contribution >= 0.6 is 0 Å². The third kappa shape index (κ3) is 53.4. The van der Waals surface area contributed by atoms with Crippen molar-refractivity contribution in [1.82, 2.24) is 0 Å². The van der Waals surface area contributed by atoms with Crippen LogP contribution in [0.25, 0.3) is 0 Å². The van der Waals surface area contributed by atoms with E-state index in [0.717, 1.165) is 69.6 Å². The number of carbonyl (C=O) groups excluding carboxylic acids is 3. The number of unbranched alkanes of at least 4 members (excludes halogenated alkanes) is 39. The Balaban J connectivity index is 4.22. The van der Waals surface area contributed by atoms with Crippen molar-refractivity contribution >= 4 is 17.9 Å². The first-order valence-corrected chi connectivity index (χ1v) is 29.7. The third-order valence-corrected chi connectivity index (χ3v) is 13.7. The van der Waals surface area contributed by atoms with E-state index in [1.807, 2.05) is 0 Å². The minimum Gasteiger partial charge on any atom is -0.462 e. The summed E-state index contributed by atoms with van der Waals surface area (Å²) in [4.78, 5) is 38.1. The van der Waals surface area contributed by atoms with Gasteiger partial charge in [0.2, 0.25) is 0 Å². The monoisotopic (exact) mass is 933 g/mol. The van der Waals surface area contributed by atoms with Gasteiger partial charge in [-0.25, -0.2) is 0 Å². The quantitative estimate of drug-likeness (QED) is 0.0343. The number of ether oxygens (including phenoxy) is 3. The predicted octanol–water partition coefficient (Wildman–Crippen LogP) is 19.7. The fourth-order valence-corrected chi connectivity index (χ4v) is 9.23. The van der Waals surface area contributed by atoms with Crippen LogP contribution in [0.2, 0.25) is 0 Å². The Bertz CT molecular complexity index is 1010. The normalized spacial score (nSPS) is 12.0. The molecule has 0 radical (unpaired) electrons. The Hall–Kier alpha value is -1.59. The molecule has 392 valence electrons. The van der Waals surface area contributed by atoms with Gasteiger partial charge in [0.1, 0.15) is 13.2 Å². The number of rotatable bonds is 54. The lowest BCUT2D eigenvalue weighted by molar-refractivity contribution is -0.167. The highest BCUT2D eigenvalue weighted by atomic mass is 16.6. The first-order chi connectivity index (χ1) is 32.2. The summed E-state index contributed by atoms with van der Waals surface area (Å²) in [6.07, 6.45) is 56.8. The minimum atomic E-state index is -0.763. The van der Waals surface area contributed by atoms with Gasteiger partial charge in [0, 0.05) is 19.3 Å². The molecule has 6 nitrogen and oxygen atoms in total. The zero-order valence-corrected chi connectivity index (χ0v) is 45.3. The van der Waals surface area contributed by atoms with Crippen molar-refractivity contribution in [1.29, 1.82) is 0 Å². The summed E-state index contributed by atoms with van der Waals surface area (Å²) < 4.78 is 16.9. The van der Waals surface area contributed by atoms with Crippen LogP contribution in [0.5, 0.6) is 0 Å². The van der Waals surface area contributed by atoms with E-state index in [-0.39, 0.29) is 31.1 Å². The van der Waals surface area contributed by atoms with Crippen LogP contribution in [0.1, 0.15) is 336 Å². The lowest BCUT2D eigenvalue weighted by atomic mass is 10.0. The van der Waals surface area contributed by atoms with Crippen molar-refractivity contribution < 1.29 is 28.6 Å². The fraction of sp³-hybridized carbons (Fsp3) is 0.950. The van der Waals surface area contributed by atoms with Crippen LogP contribution < -0.4 is 0 Å². The summed E-state index contributed by atoms with van der Waals surface area (Å²) >= 11 is 0. The maximum atomic E-state index is 12.9. The molecule has 0 aliphatic carbocycles. The van der Waals surface area contributed by atoms with E-state index in [9.17, 15) is 14.4 Å². The third-order valence-electron chi connectivity index (χ3n) is 13.7. The second-order valence-corrected chi connectivity index (χ2v) is 21.6. The minimum absolute atomic E-state index is 0.0632. The topological polar surface area (TPSA) is 78.9 Å². The molecule has 0 aliphatic heterocycles. The summed E-state index contributed by atoms with van der Waals surface area (Å²) in [7, 11) is 0. The van der Waals surface area contributed by atoms with Gasteiger partial charge in [-0.15, -0.1) is 0 Å². The van der Waals surface area contributed by atoms with E-state index in [1.54, 1.807) is 0 Å². The summed E-state index contributed by atoms with van der Waals surface area (Å²) in [5.41, 5.74) is 0. The molecule has 0 saturated heterocycles. The van der Waals surface area contributed by atoms with Gasteiger partial charge in [0.25, 0.3) is 0 Å². The van der Waals surface area contributed by atoms with Crippen molar-refractivity contribution in [3.8, 4) is 0 Å². The highest BCUT2D eigenvalue weighted by molar-refractivity contribution is 5.71. The maximum absolute atomic E-state index is 12.9. The molecule has 0 amide bonds. The maximum Gasteiger partial charge on any atom is 0.306 e. The van der Waals surface area contributed by atoms with Crippen molar-refractivity contribution in [2.45, 2.75) is 343 Å². The molecular formula is C60H116O6. The molecule has 0 bridgehead atoms. The van der Waals surface area contributed by atoms with Gasteiger partial charge < -0.3 is 14.2 Å². The van der Waals surface area contributed by atoms with Crippen LogP contribution in [-0.4, -0.2) is 37.2 Å². The second-order valence-electron chi connectivity index (χ2n) is 21.6. The highest BCUT2D eigenvalue weighted by Gasteiger charge is 2.19. The first-order valence-electron chi connectivity index (χ1n) is 29.7. The van der Waals surface area contributed by atoms with Crippen molar-refractivity contribution in [3.05, 3.63) is 0 Å². The molecule has 0 heterocycles. The number of hydrogen-bond acceptors (Lipinski definition) is 6. The molecule has 0 aromatic heterocycles. The first kappa shape index (κ1) is 64.4. The lowest BCUT2D eigenvalue weighted by Gasteiger charge is -2.18. The van der Waals surface area contributed by atoms with Crippen LogP contribution in [0.3, 0.4) is 0 Å². The fourth-order valence-electron chi connectivity index (χ4n) is 9.23. The van der Waals surface area contributed by atoms with Crippen LogP contribution in [-0.2, 0) is 28.6 Å². The van der Waals surface area contributed by atoms with Gasteiger partial charge in [-0.05, 0) is 31.1 Å². The predicted molar refractivity (Wildman–Crippen MR) is 284 cm³/mol. The molecule has 0 aliphatic rings. The Morgan fingerprint density at radius 1 is 0.288 bits per heavy atom. The average molecular weight is 934 g/mol. The number of hydrogen-bond donors (Lipinski definition) is 0. The van der Waals surface area contributed by atoms with Crippen LogP contribution in [0, 0.1) is 11.8 Å². The van der Waals surface area contributed by atoms with Gasteiger partial charge in [-0.3, -0.25) is 14.4 Å². The molecule has 0 fully saturated rings. The van der Waals surface area contributed by atoms with Crippen LogP contribution in [0.15, 0.2) is 0 Å². The molecule has 0 aromatic rings. The molecule has 66 heavy (non-hydrogen) atoms. The molecule has 1 atom stereocenters. The average Bonchev–Trinajstić information content (AvgIpc) is 3.29. The molecular weight excluding hydrogens is 817 g/mol. The Morgan fingerprint density at radius 2 is 0.500 bits per heavy atom. The number of esters is 3. The molecule has 0 unspecified atom stereocenters. The van der Waals surface area contributed by atoms with E-state index in [0.29, 0.717) is 19.3 Å². The van der Waals surface area contributed by atoms with E-state index in [2.05, 4.69) is 34.6 Å². The summed E-state index contributed by atoms with van der Waals surface area (Å²) in [6, 6.07) is 0. The van der Waals surface area contributed by atoms with E-state index in [1.165, 1.54) is 225 Å². The SMILES string of the molecule is CCCCCCCCCCCCCCCCCCCCCC(=O)O[C@H](COC(=O)CCCCCCCCCCCCCCCCCCC(C)C)COC(=O)CCCCCCCCCC(C)C. The Morgan fingerprint density at radius 3 is 0.742 bits per heavy atom. The summed E-state index contributed by atoms with van der Waals surface area (Å²) in [5, 5.41) is 0. The van der Waals surface area contributed by atoms with Gasteiger partial charge in [0.05, 0.1) is 0 Å². The summed E-state index contributed by atoms with van der Waals surface area (Å²) in [6.45, 7) is 11.4. The van der Waals surface area contributed by atoms with Gasteiger partial charge in [-0.2, -0.15) is 0 Å². The van der Waals surface area contributed by atoms with Crippen LogP contribution in [0.4, 0.5) is 0 Å². The van der Waals surface area contributed by atoms with Gasteiger partial charge >= 0.3 is 17.9 Å². The zero-order chi connectivity index (χ0) is 48.2. The van der Waals surface area contributed by atoms with Crippen molar-refractivity contribution in [2.24, 2.45) is 11.8 Å². The smallest absolute Gasteiger partial charge is 0.306 e. The zero-order valence-electron chi connectivity index (χ0n) is 45.3. The van der Waals surface area contributed by atoms with Gasteiger partial charge in [-0.1, -0.05) is 298 Å². The van der Waals surface area contributed by atoms with Gasteiger partial charge in [0.15, 0.2) is 6.10 Å². The van der Waals surface area contributed by atoms with Crippen molar-refractivity contribution in [2.75, 3.05) is 13.2 Å². The van der Waals surface area contributed by atoms with Crippen molar-refractivity contribution in [3.63, 3.8) is 0 Å². The lowest BCUT2D eigenvalue weighted by Crippen LogP contribution is -2.30. The number of carbonyl (C=O) groups is 3. The Labute approximate surface area is 412 Å².